The van der Waals surface area contributed by atoms with Gasteiger partial charge in [-0.05, 0) is 41.5 Å². The number of para-hydroxylation sites is 1. The van der Waals surface area contributed by atoms with Gasteiger partial charge in [-0.1, -0.05) is 53.5 Å². The van der Waals surface area contributed by atoms with Crippen molar-refractivity contribution >= 4 is 38.9 Å². The highest BCUT2D eigenvalue weighted by Gasteiger charge is 2.33. The third kappa shape index (κ3) is 5.79. The molecule has 0 spiro atoms. The standard InChI is InChI=1S/C22H16Cl2F3NO4S/c1-33(30,31)14-8-6-12(7-9-14)19(21(28)29)13-10-16(23)20(17(24)11-13)15-4-2-3-5-18(15)32-22(25,26)27/h2-11,19H,1H3,(H2,28,29). The highest BCUT2D eigenvalue weighted by molar-refractivity contribution is 7.90. The molecule has 3 aromatic carbocycles. The minimum Gasteiger partial charge on any atom is -0.405 e. The van der Waals surface area contributed by atoms with E-state index in [2.05, 4.69) is 4.74 Å². The van der Waals surface area contributed by atoms with Gasteiger partial charge in [0.2, 0.25) is 5.91 Å². The Balaban J connectivity index is 2.09. The molecule has 1 amide bonds. The maximum Gasteiger partial charge on any atom is 0.573 e. The van der Waals surface area contributed by atoms with Crippen molar-refractivity contribution in [1.82, 2.24) is 0 Å². The van der Waals surface area contributed by atoms with Gasteiger partial charge in [-0.3, -0.25) is 4.79 Å². The molecule has 3 aromatic rings. The van der Waals surface area contributed by atoms with E-state index in [1.807, 2.05) is 0 Å². The lowest BCUT2D eigenvalue weighted by Crippen LogP contribution is -2.22. The molecule has 0 aliphatic heterocycles. The van der Waals surface area contributed by atoms with Gasteiger partial charge in [0.05, 0.1) is 20.9 Å². The predicted molar refractivity (Wildman–Crippen MR) is 119 cm³/mol. The van der Waals surface area contributed by atoms with Crippen LogP contribution >= 0.6 is 23.2 Å². The molecule has 11 heteroatoms. The number of benzene rings is 3. The van der Waals surface area contributed by atoms with Crippen molar-refractivity contribution in [3.63, 3.8) is 0 Å². The van der Waals surface area contributed by atoms with Crippen LogP contribution in [0.5, 0.6) is 5.75 Å². The average Bonchev–Trinajstić information content (AvgIpc) is 2.67. The van der Waals surface area contributed by atoms with Crippen LogP contribution in [0.15, 0.2) is 65.6 Å². The van der Waals surface area contributed by atoms with Gasteiger partial charge in [0.1, 0.15) is 5.75 Å². The van der Waals surface area contributed by atoms with Crippen LogP contribution in [0.1, 0.15) is 17.0 Å². The number of alkyl halides is 3. The zero-order chi connectivity index (χ0) is 24.6. The molecule has 0 aliphatic rings. The summed E-state index contributed by atoms with van der Waals surface area (Å²) in [5.74, 6) is -2.29. The molecule has 5 nitrogen and oxygen atoms in total. The highest BCUT2D eigenvalue weighted by Crippen LogP contribution is 2.43. The number of carbonyl (C=O) groups excluding carboxylic acids is 1. The van der Waals surface area contributed by atoms with Gasteiger partial charge in [-0.25, -0.2) is 8.42 Å². The molecule has 0 saturated carbocycles. The average molecular weight is 518 g/mol. The Labute approximate surface area is 197 Å². The third-order valence-electron chi connectivity index (χ3n) is 4.71. The molecule has 0 bridgehead atoms. The van der Waals surface area contributed by atoms with Gasteiger partial charge in [-0.2, -0.15) is 0 Å². The lowest BCUT2D eigenvalue weighted by molar-refractivity contribution is -0.274. The molecule has 174 valence electrons. The summed E-state index contributed by atoms with van der Waals surface area (Å²) in [6, 6.07) is 13.6. The molecule has 0 saturated heterocycles. The van der Waals surface area contributed by atoms with Gasteiger partial charge < -0.3 is 10.5 Å². The number of halogens is 5. The molecule has 0 fully saturated rings. The fraction of sp³-hybridized carbons (Fsp3) is 0.136. The van der Waals surface area contributed by atoms with E-state index in [9.17, 15) is 26.4 Å². The van der Waals surface area contributed by atoms with Crippen LogP contribution in [-0.4, -0.2) is 26.9 Å². The second-order valence-electron chi connectivity index (χ2n) is 7.08. The first-order valence-corrected chi connectivity index (χ1v) is 11.9. The van der Waals surface area contributed by atoms with E-state index in [0.717, 1.165) is 12.3 Å². The Morgan fingerprint density at radius 3 is 2.00 bits per heavy atom. The zero-order valence-corrected chi connectivity index (χ0v) is 19.2. The first-order chi connectivity index (χ1) is 15.3. The van der Waals surface area contributed by atoms with Crippen molar-refractivity contribution in [2.75, 3.05) is 6.26 Å². The topological polar surface area (TPSA) is 86.5 Å². The number of hydrogen-bond donors (Lipinski definition) is 1. The number of carbonyl (C=O) groups is 1. The van der Waals surface area contributed by atoms with Gasteiger partial charge in [-0.15, -0.1) is 13.2 Å². The van der Waals surface area contributed by atoms with Gasteiger partial charge in [0, 0.05) is 17.4 Å². The van der Waals surface area contributed by atoms with Crippen LogP contribution in [0.25, 0.3) is 11.1 Å². The quantitative estimate of drug-likeness (QED) is 0.462. The molecule has 3 rings (SSSR count). The highest BCUT2D eigenvalue weighted by atomic mass is 35.5. The molecular weight excluding hydrogens is 502 g/mol. The fourth-order valence-corrected chi connectivity index (χ4v) is 4.67. The first-order valence-electron chi connectivity index (χ1n) is 9.21. The van der Waals surface area contributed by atoms with Crippen LogP contribution in [0.4, 0.5) is 13.2 Å². The van der Waals surface area contributed by atoms with E-state index in [0.29, 0.717) is 5.56 Å². The molecular formula is C22H16Cl2F3NO4S. The van der Waals surface area contributed by atoms with Gasteiger partial charge in [0.15, 0.2) is 9.84 Å². The summed E-state index contributed by atoms with van der Waals surface area (Å²) in [6.45, 7) is 0. The molecule has 0 aliphatic carbocycles. The Morgan fingerprint density at radius 1 is 0.970 bits per heavy atom. The summed E-state index contributed by atoms with van der Waals surface area (Å²) in [5, 5.41) is -0.0653. The van der Waals surface area contributed by atoms with E-state index in [-0.39, 0.29) is 31.6 Å². The molecule has 2 N–H and O–H groups in total. The maximum absolute atomic E-state index is 12.8. The molecule has 0 aromatic heterocycles. The lowest BCUT2D eigenvalue weighted by atomic mass is 9.89. The monoisotopic (exact) mass is 517 g/mol. The third-order valence-corrected chi connectivity index (χ3v) is 6.43. The first kappa shape index (κ1) is 24.9. The number of nitrogens with two attached hydrogens (primary N) is 1. The Hall–Kier alpha value is -2.75. The predicted octanol–water partition coefficient (Wildman–Crippen LogP) is 5.58. The summed E-state index contributed by atoms with van der Waals surface area (Å²) in [7, 11) is -3.45. The van der Waals surface area contributed by atoms with Gasteiger partial charge in [0.25, 0.3) is 0 Å². The fourth-order valence-electron chi connectivity index (χ4n) is 3.33. The molecule has 1 atom stereocenters. The van der Waals surface area contributed by atoms with E-state index in [1.165, 1.54) is 54.6 Å². The van der Waals surface area contributed by atoms with Crippen LogP contribution in [0, 0.1) is 0 Å². The van der Waals surface area contributed by atoms with Crippen LogP contribution in [0.2, 0.25) is 10.0 Å². The van der Waals surface area contributed by atoms with E-state index < -0.39 is 33.8 Å². The summed E-state index contributed by atoms with van der Waals surface area (Å²) in [6.07, 6.45) is -3.88. The van der Waals surface area contributed by atoms with Crippen LogP contribution in [0.3, 0.4) is 0 Å². The van der Waals surface area contributed by atoms with Crippen molar-refractivity contribution in [1.29, 1.82) is 0 Å². The summed E-state index contributed by atoms with van der Waals surface area (Å²) >= 11 is 12.8. The largest absolute Gasteiger partial charge is 0.573 e. The summed E-state index contributed by atoms with van der Waals surface area (Å²) in [5.41, 5.74) is 6.33. The van der Waals surface area contributed by atoms with Gasteiger partial charge >= 0.3 is 6.36 Å². The van der Waals surface area contributed by atoms with Crippen molar-refractivity contribution in [2.45, 2.75) is 17.2 Å². The van der Waals surface area contributed by atoms with E-state index >= 15 is 0 Å². The summed E-state index contributed by atoms with van der Waals surface area (Å²) < 4.78 is 65.9. The minimum atomic E-state index is -4.93. The zero-order valence-electron chi connectivity index (χ0n) is 16.9. The number of ether oxygens (including phenoxy) is 1. The number of rotatable bonds is 6. The van der Waals surface area contributed by atoms with Crippen LogP contribution in [-0.2, 0) is 14.6 Å². The minimum absolute atomic E-state index is 0.00417. The van der Waals surface area contributed by atoms with Crippen LogP contribution < -0.4 is 10.5 Å². The Bertz CT molecular complexity index is 1290. The lowest BCUT2D eigenvalue weighted by Gasteiger charge is -2.19. The SMILES string of the molecule is CS(=O)(=O)c1ccc(C(C(N)=O)c2cc(Cl)c(-c3ccccc3OC(F)(F)F)c(Cl)c2)cc1. The van der Waals surface area contributed by atoms with Crippen molar-refractivity contribution < 1.29 is 31.1 Å². The van der Waals surface area contributed by atoms with E-state index in [1.54, 1.807) is 0 Å². The number of amides is 1. The number of hydrogen-bond acceptors (Lipinski definition) is 4. The summed E-state index contributed by atoms with van der Waals surface area (Å²) in [4.78, 5) is 12.3. The molecule has 33 heavy (non-hydrogen) atoms. The molecule has 0 radical (unpaired) electrons. The smallest absolute Gasteiger partial charge is 0.405 e. The Kier molecular flexibility index (Phi) is 6.97. The molecule has 1 unspecified atom stereocenters. The number of primary amides is 1. The second-order valence-corrected chi connectivity index (χ2v) is 9.91. The second kappa shape index (κ2) is 9.24. The van der Waals surface area contributed by atoms with E-state index in [4.69, 9.17) is 28.9 Å². The van der Waals surface area contributed by atoms with Crippen molar-refractivity contribution in [3.8, 4) is 16.9 Å². The van der Waals surface area contributed by atoms with Crippen molar-refractivity contribution in [3.05, 3.63) is 81.8 Å². The molecule has 0 heterocycles. The number of sulfone groups is 1. The Morgan fingerprint density at radius 2 is 1.52 bits per heavy atom. The normalized spacial score (nSPS) is 12.9. The maximum atomic E-state index is 12.8. The van der Waals surface area contributed by atoms with Crippen molar-refractivity contribution in [2.24, 2.45) is 5.73 Å².